The topological polar surface area (TPSA) is 60.2 Å². The molecule has 2 N–H and O–H groups in total. The summed E-state index contributed by atoms with van der Waals surface area (Å²) in [7, 11) is -3.75. The fourth-order valence-electron chi connectivity index (χ4n) is 1.76. The molecule has 111 valence electrons. The van der Waals surface area contributed by atoms with Gasteiger partial charge in [0.15, 0.2) is 0 Å². The molecule has 2 aromatic carbocycles. The monoisotopic (exact) mass is 390 g/mol. The number of sulfonamides is 1. The van der Waals surface area contributed by atoms with E-state index in [9.17, 15) is 12.8 Å². The fourth-order valence-corrected chi connectivity index (χ4v) is 2.28. The van der Waals surface area contributed by atoms with E-state index in [4.69, 9.17) is 18.3 Å². The Bertz CT molecular complexity index is 797. The summed E-state index contributed by atoms with van der Waals surface area (Å²) in [6.07, 6.45) is 0. The Morgan fingerprint density at radius 3 is 1.59 bits per heavy atom. The molecule has 0 unspecified atom stereocenters. The third kappa shape index (κ3) is 4.43. The zero-order valence-electron chi connectivity index (χ0n) is 11.5. The van der Waals surface area contributed by atoms with Crippen molar-refractivity contribution in [2.24, 2.45) is 5.14 Å². The summed E-state index contributed by atoms with van der Waals surface area (Å²) in [5, 5.41) is 5.02. The largest absolute Gasteiger partial charge is 0.298 e. The molecule has 0 bridgehead atoms. The zero-order valence-corrected chi connectivity index (χ0v) is 15.2. The van der Waals surface area contributed by atoms with Crippen molar-refractivity contribution in [1.29, 1.82) is 0 Å². The number of hydrogen-bond acceptors (Lipinski definition) is 2. The number of nitrogens with two attached hydrogens (primary N) is 1. The van der Waals surface area contributed by atoms with Crippen LogP contribution < -0.4 is 5.14 Å². The van der Waals surface area contributed by atoms with Crippen LogP contribution in [0.15, 0.2) is 53.4 Å². The minimum Gasteiger partial charge on any atom is -0.298 e. The van der Waals surface area contributed by atoms with Gasteiger partial charge in [0.25, 0.3) is 0 Å². The molecule has 6 heteroatoms. The first-order valence-electron chi connectivity index (χ1n) is 5.93. The van der Waals surface area contributed by atoms with Crippen molar-refractivity contribution >= 4 is 21.2 Å². The Labute approximate surface area is 154 Å². The van der Waals surface area contributed by atoms with Crippen LogP contribution in [0.3, 0.4) is 0 Å². The normalized spacial score (nSPS) is 10.6. The van der Waals surface area contributed by atoms with Crippen LogP contribution >= 0.6 is 0 Å². The van der Waals surface area contributed by atoms with Gasteiger partial charge in [0.1, 0.15) is 5.82 Å². The predicted molar refractivity (Wildman–Crippen MR) is 79.6 cm³/mol. The van der Waals surface area contributed by atoms with Crippen molar-refractivity contribution in [2.75, 3.05) is 0 Å². The number of halogens is 1. The molecule has 0 aliphatic heterocycles. The molecule has 0 aliphatic carbocycles. The number of primary sulfonamides is 1. The SMILES string of the molecule is [CH-]=C(C(=[CH-])c1ccc(S(N)(=O)=O)cc1)c1ccc(F)cc1.[Y]. The number of rotatable bonds is 4. The smallest absolute Gasteiger partial charge is 0.237 e. The molecular formula is C16H12FNO2SY-2. The first-order valence-corrected chi connectivity index (χ1v) is 7.48. The van der Waals surface area contributed by atoms with Crippen molar-refractivity contribution in [3.05, 3.63) is 78.6 Å². The van der Waals surface area contributed by atoms with Crippen LogP contribution in [0.1, 0.15) is 11.1 Å². The Balaban J connectivity index is 0.00000242. The van der Waals surface area contributed by atoms with Gasteiger partial charge in [-0.2, -0.15) is 11.1 Å². The van der Waals surface area contributed by atoms with Gasteiger partial charge in [0.05, 0.1) is 4.90 Å². The van der Waals surface area contributed by atoms with Crippen LogP contribution in [0.5, 0.6) is 0 Å². The average molecular weight is 390 g/mol. The van der Waals surface area contributed by atoms with Crippen LogP contribution in [0.4, 0.5) is 4.39 Å². The van der Waals surface area contributed by atoms with E-state index in [0.29, 0.717) is 11.1 Å². The number of hydrogen-bond donors (Lipinski definition) is 1. The first-order chi connectivity index (χ1) is 9.79. The van der Waals surface area contributed by atoms with E-state index in [1.165, 1.54) is 48.5 Å². The van der Waals surface area contributed by atoms with Crippen molar-refractivity contribution in [3.63, 3.8) is 0 Å². The molecule has 0 aliphatic rings. The second-order valence-corrected chi connectivity index (χ2v) is 5.97. The van der Waals surface area contributed by atoms with Gasteiger partial charge in [-0.1, -0.05) is 12.1 Å². The Morgan fingerprint density at radius 1 is 0.864 bits per heavy atom. The molecule has 1 radical (unpaired) electrons. The van der Waals surface area contributed by atoms with E-state index in [1.54, 1.807) is 0 Å². The molecule has 2 rings (SSSR count). The van der Waals surface area contributed by atoms with Crippen LogP contribution in [0, 0.1) is 19.0 Å². The molecule has 0 saturated carbocycles. The van der Waals surface area contributed by atoms with E-state index in [2.05, 4.69) is 0 Å². The third-order valence-electron chi connectivity index (χ3n) is 2.94. The zero-order chi connectivity index (χ0) is 15.6. The minimum absolute atomic E-state index is 0. The summed E-state index contributed by atoms with van der Waals surface area (Å²) < 4.78 is 35.2. The molecule has 3 nitrogen and oxygen atoms in total. The van der Waals surface area contributed by atoms with Crippen molar-refractivity contribution < 1.29 is 45.5 Å². The summed E-state index contributed by atoms with van der Waals surface area (Å²) >= 11 is 0. The Hall–Kier alpha value is -1.14. The van der Waals surface area contributed by atoms with E-state index in [1.807, 2.05) is 0 Å². The van der Waals surface area contributed by atoms with Gasteiger partial charge in [0, 0.05) is 32.7 Å². The Kier molecular flexibility index (Phi) is 6.38. The molecular weight excluding hydrogens is 378 g/mol. The van der Waals surface area contributed by atoms with Gasteiger partial charge < -0.3 is 0 Å². The van der Waals surface area contributed by atoms with Gasteiger partial charge in [-0.05, 0) is 12.1 Å². The summed E-state index contributed by atoms with van der Waals surface area (Å²) in [5.74, 6) is -0.373. The average Bonchev–Trinajstić information content (AvgIpc) is 2.46. The Morgan fingerprint density at radius 2 is 1.23 bits per heavy atom. The molecule has 0 amide bonds. The molecule has 0 fully saturated rings. The predicted octanol–water partition coefficient (Wildman–Crippen LogP) is 2.80. The summed E-state index contributed by atoms with van der Waals surface area (Å²) in [6, 6.07) is 11.3. The van der Waals surface area contributed by atoms with Crippen molar-refractivity contribution in [2.45, 2.75) is 4.90 Å². The maximum Gasteiger partial charge on any atom is 0.237 e. The second-order valence-electron chi connectivity index (χ2n) is 4.40. The molecule has 2 aromatic rings. The maximum atomic E-state index is 12.9. The van der Waals surface area contributed by atoms with Crippen molar-refractivity contribution in [3.8, 4) is 0 Å². The molecule has 0 saturated heterocycles. The fraction of sp³-hybridized carbons (Fsp3) is 0. The molecule has 0 aromatic heterocycles. The van der Waals surface area contributed by atoms with Crippen LogP contribution in [-0.4, -0.2) is 8.42 Å². The number of allylic oxidation sites excluding steroid dienone is 2. The molecule has 0 spiro atoms. The van der Waals surface area contributed by atoms with Crippen molar-refractivity contribution in [1.82, 2.24) is 0 Å². The standard InChI is InChI=1S/C16H12FNO2S.Y/c1-11(13-3-7-15(17)8-4-13)12(2)14-5-9-16(10-6-14)21(18,19)20;/h1-10H,(H2,18,19,20);/q-2;. The summed E-state index contributed by atoms with van der Waals surface area (Å²) in [6.45, 7) is 11.9. The third-order valence-corrected chi connectivity index (χ3v) is 3.87. The number of benzene rings is 2. The van der Waals surface area contributed by atoms with E-state index >= 15 is 0 Å². The van der Waals surface area contributed by atoms with Crippen LogP contribution in [0.25, 0.3) is 11.1 Å². The van der Waals surface area contributed by atoms with Crippen LogP contribution in [-0.2, 0) is 42.7 Å². The molecule has 22 heavy (non-hydrogen) atoms. The summed E-state index contributed by atoms with van der Waals surface area (Å²) in [5.41, 5.74) is 1.66. The van der Waals surface area contributed by atoms with Crippen LogP contribution in [0.2, 0.25) is 0 Å². The minimum atomic E-state index is -3.75. The quantitative estimate of drug-likeness (QED) is 0.645. The van der Waals surface area contributed by atoms with E-state index in [-0.39, 0.29) is 54.6 Å². The van der Waals surface area contributed by atoms with Gasteiger partial charge in [0.2, 0.25) is 10.0 Å². The van der Waals surface area contributed by atoms with Gasteiger partial charge in [-0.15, -0.1) is 24.3 Å². The van der Waals surface area contributed by atoms with Gasteiger partial charge >= 0.3 is 0 Å². The molecule has 0 atom stereocenters. The second kappa shape index (κ2) is 7.42. The van der Waals surface area contributed by atoms with Gasteiger partial charge in [-0.3, -0.25) is 24.3 Å². The van der Waals surface area contributed by atoms with Gasteiger partial charge in [-0.25, -0.2) is 17.9 Å². The molecule has 0 heterocycles. The summed E-state index contributed by atoms with van der Waals surface area (Å²) in [4.78, 5) is -0.0144. The van der Waals surface area contributed by atoms with E-state index in [0.717, 1.165) is 0 Å². The maximum absolute atomic E-state index is 12.9. The first kappa shape index (κ1) is 18.9. The van der Waals surface area contributed by atoms with E-state index < -0.39 is 10.0 Å².